The highest BCUT2D eigenvalue weighted by Gasteiger charge is 2.26. The van der Waals surface area contributed by atoms with Crippen molar-refractivity contribution < 1.29 is 18.3 Å². The highest BCUT2D eigenvalue weighted by molar-refractivity contribution is 5.26. The van der Waals surface area contributed by atoms with Gasteiger partial charge in [0.05, 0.1) is 11.7 Å². The monoisotopic (exact) mass is 267 g/mol. The number of pyridine rings is 1. The molecule has 1 N–H and O–H groups in total. The fourth-order valence-corrected chi connectivity index (χ4v) is 1.89. The van der Waals surface area contributed by atoms with Gasteiger partial charge in [0.15, 0.2) is 0 Å². The van der Waals surface area contributed by atoms with Gasteiger partial charge in [-0.05, 0) is 12.1 Å². The Bertz CT molecular complexity index is 551. The van der Waals surface area contributed by atoms with Gasteiger partial charge in [-0.2, -0.15) is 0 Å². The average Bonchev–Trinajstić information content (AvgIpc) is 2.37. The quantitative estimate of drug-likeness (QED) is 0.925. The Morgan fingerprint density at radius 1 is 1.11 bits per heavy atom. The van der Waals surface area contributed by atoms with Gasteiger partial charge in [-0.3, -0.25) is 4.98 Å². The van der Waals surface area contributed by atoms with Crippen LogP contribution >= 0.6 is 0 Å². The number of nitrogens with zero attached hydrogens (tertiary/aromatic N) is 1. The minimum atomic E-state index is -1.43. The first kappa shape index (κ1) is 13.5. The zero-order valence-electron chi connectivity index (χ0n) is 10.1. The molecule has 0 aliphatic carbocycles. The van der Waals surface area contributed by atoms with Gasteiger partial charge in [-0.1, -0.05) is 13.0 Å². The van der Waals surface area contributed by atoms with Gasteiger partial charge in [0, 0.05) is 29.9 Å². The van der Waals surface area contributed by atoms with Crippen LogP contribution in [0.3, 0.4) is 0 Å². The van der Waals surface area contributed by atoms with Gasteiger partial charge in [0.25, 0.3) is 0 Å². The lowest BCUT2D eigenvalue weighted by Crippen LogP contribution is -2.13. The third-order valence-electron chi connectivity index (χ3n) is 2.97. The Morgan fingerprint density at radius 3 is 2.26 bits per heavy atom. The minimum Gasteiger partial charge on any atom is -0.388 e. The molecular formula is C14H12F3NO. The number of aromatic nitrogens is 1. The first-order valence-electron chi connectivity index (χ1n) is 5.74. The second-order valence-electron chi connectivity index (χ2n) is 4.27. The fraction of sp³-hybridized carbons (Fsp3) is 0.214. The smallest absolute Gasteiger partial charge is 0.134 e. The molecule has 0 aliphatic rings. The minimum absolute atomic E-state index is 0.498. The molecule has 100 valence electrons. The van der Waals surface area contributed by atoms with Crippen LogP contribution in [0.1, 0.15) is 30.2 Å². The number of rotatable bonds is 3. The summed E-state index contributed by atoms with van der Waals surface area (Å²) in [4.78, 5) is 4.02. The molecule has 2 nitrogen and oxygen atoms in total. The Morgan fingerprint density at radius 2 is 1.74 bits per heavy atom. The predicted octanol–water partition coefficient (Wildman–Crippen LogP) is 3.34. The molecule has 0 bridgehead atoms. The van der Waals surface area contributed by atoms with Crippen molar-refractivity contribution in [3.63, 3.8) is 0 Å². The summed E-state index contributed by atoms with van der Waals surface area (Å²) in [5, 5.41) is 10.1. The lowest BCUT2D eigenvalue weighted by Gasteiger charge is -2.19. The molecule has 1 heterocycles. The van der Waals surface area contributed by atoms with E-state index >= 15 is 0 Å². The lowest BCUT2D eigenvalue weighted by molar-refractivity contribution is 0.140. The molecule has 1 aromatic heterocycles. The topological polar surface area (TPSA) is 33.1 Å². The highest BCUT2D eigenvalue weighted by atomic mass is 19.1. The molecule has 5 heteroatoms. The summed E-state index contributed by atoms with van der Waals surface area (Å²) in [5.74, 6) is -3.84. The number of hydrogen-bond acceptors (Lipinski definition) is 2. The van der Waals surface area contributed by atoms with E-state index in [9.17, 15) is 18.3 Å². The third-order valence-corrected chi connectivity index (χ3v) is 2.97. The average molecular weight is 267 g/mol. The van der Waals surface area contributed by atoms with Crippen molar-refractivity contribution >= 4 is 0 Å². The fourth-order valence-electron chi connectivity index (χ4n) is 1.89. The molecule has 0 saturated heterocycles. The van der Waals surface area contributed by atoms with Crippen LogP contribution in [-0.4, -0.2) is 10.1 Å². The molecule has 0 fully saturated rings. The van der Waals surface area contributed by atoms with E-state index in [1.807, 2.05) is 0 Å². The van der Waals surface area contributed by atoms with Crippen LogP contribution in [0.4, 0.5) is 13.2 Å². The predicted molar refractivity (Wildman–Crippen MR) is 63.9 cm³/mol. The first-order valence-corrected chi connectivity index (χ1v) is 5.74. The summed E-state index contributed by atoms with van der Waals surface area (Å²) in [5.41, 5.74) is -0.0438. The van der Waals surface area contributed by atoms with Crippen molar-refractivity contribution in [1.29, 1.82) is 0 Å². The summed E-state index contributed by atoms with van der Waals surface area (Å²) in [6, 6.07) is 6.15. The maximum atomic E-state index is 13.6. The van der Waals surface area contributed by atoms with Gasteiger partial charge in [0.2, 0.25) is 0 Å². The Kier molecular flexibility index (Phi) is 3.85. The van der Waals surface area contributed by atoms with Crippen LogP contribution < -0.4 is 0 Å². The molecule has 0 saturated carbocycles. The molecule has 2 atom stereocenters. The van der Waals surface area contributed by atoms with Crippen LogP contribution in [0.5, 0.6) is 0 Å². The second-order valence-corrected chi connectivity index (χ2v) is 4.27. The van der Waals surface area contributed by atoms with Gasteiger partial charge >= 0.3 is 0 Å². The van der Waals surface area contributed by atoms with E-state index in [0.29, 0.717) is 17.8 Å². The van der Waals surface area contributed by atoms with E-state index in [2.05, 4.69) is 4.98 Å². The molecule has 19 heavy (non-hydrogen) atoms. The Balaban J connectivity index is 2.37. The molecule has 2 aromatic rings. The van der Waals surface area contributed by atoms with Gasteiger partial charge in [-0.25, -0.2) is 13.2 Å². The van der Waals surface area contributed by atoms with Gasteiger partial charge < -0.3 is 5.11 Å². The van der Waals surface area contributed by atoms with Crippen molar-refractivity contribution in [2.24, 2.45) is 0 Å². The van der Waals surface area contributed by atoms with Crippen LogP contribution in [0.25, 0.3) is 0 Å². The lowest BCUT2D eigenvalue weighted by atomic mass is 9.93. The maximum Gasteiger partial charge on any atom is 0.134 e. The van der Waals surface area contributed by atoms with Crippen molar-refractivity contribution in [2.75, 3.05) is 0 Å². The number of halogens is 3. The highest BCUT2D eigenvalue weighted by Crippen LogP contribution is 2.32. The number of aliphatic hydroxyl groups is 1. The normalized spacial score (nSPS) is 14.2. The summed E-state index contributed by atoms with van der Waals surface area (Å²) >= 11 is 0. The number of aliphatic hydroxyl groups excluding tert-OH is 1. The largest absolute Gasteiger partial charge is 0.388 e. The molecule has 0 spiro atoms. The van der Waals surface area contributed by atoms with E-state index in [4.69, 9.17) is 0 Å². The van der Waals surface area contributed by atoms with E-state index in [-0.39, 0.29) is 0 Å². The van der Waals surface area contributed by atoms with E-state index < -0.39 is 35.0 Å². The number of hydrogen-bond donors (Lipinski definition) is 1. The zero-order valence-corrected chi connectivity index (χ0v) is 10.1. The summed E-state index contributed by atoms with van der Waals surface area (Å²) in [7, 11) is 0. The van der Waals surface area contributed by atoms with E-state index in [1.165, 1.54) is 6.20 Å². The molecule has 0 amide bonds. The van der Waals surface area contributed by atoms with Crippen molar-refractivity contribution in [3.05, 3.63) is 65.2 Å². The standard InChI is InChI=1S/C14H12F3NO/c1-8(12-4-2-3-5-18-12)14(19)13-10(16)6-9(15)7-11(13)17/h2-8,14,19H,1H3. The van der Waals surface area contributed by atoms with Crippen molar-refractivity contribution in [3.8, 4) is 0 Å². The van der Waals surface area contributed by atoms with Gasteiger partial charge in [-0.15, -0.1) is 0 Å². The molecule has 2 rings (SSSR count). The molecule has 2 unspecified atom stereocenters. The maximum absolute atomic E-state index is 13.6. The van der Waals surface area contributed by atoms with E-state index in [1.54, 1.807) is 25.1 Å². The molecule has 1 aromatic carbocycles. The summed E-state index contributed by atoms with van der Waals surface area (Å²) in [6.07, 6.45) is 0.0890. The van der Waals surface area contributed by atoms with Crippen LogP contribution in [-0.2, 0) is 0 Å². The van der Waals surface area contributed by atoms with Crippen molar-refractivity contribution in [1.82, 2.24) is 4.98 Å². The van der Waals surface area contributed by atoms with Crippen molar-refractivity contribution in [2.45, 2.75) is 18.9 Å². The summed E-state index contributed by atoms with van der Waals surface area (Å²) < 4.78 is 40.0. The molecular weight excluding hydrogens is 255 g/mol. The molecule has 0 radical (unpaired) electrons. The Hall–Kier alpha value is -1.88. The van der Waals surface area contributed by atoms with Crippen LogP contribution in [0.2, 0.25) is 0 Å². The van der Waals surface area contributed by atoms with Crippen LogP contribution in [0, 0.1) is 17.5 Å². The SMILES string of the molecule is CC(c1ccccn1)C(O)c1c(F)cc(F)cc1F. The molecule has 0 aliphatic heterocycles. The second kappa shape index (κ2) is 5.40. The third kappa shape index (κ3) is 2.76. The Labute approximate surface area is 108 Å². The van der Waals surface area contributed by atoms with Crippen LogP contribution in [0.15, 0.2) is 36.5 Å². The number of benzene rings is 1. The van der Waals surface area contributed by atoms with E-state index in [0.717, 1.165) is 0 Å². The zero-order chi connectivity index (χ0) is 14.0. The summed E-state index contributed by atoms with van der Waals surface area (Å²) in [6.45, 7) is 1.59. The first-order chi connectivity index (χ1) is 9.00. The van der Waals surface area contributed by atoms with Gasteiger partial charge in [0.1, 0.15) is 17.5 Å².